The molecule has 1 aromatic carbocycles. The average molecular weight is 431 g/mol. The smallest absolute Gasteiger partial charge is 0.303 e. The Morgan fingerprint density at radius 3 is 1.48 bits per heavy atom. The molecule has 0 amide bonds. The second kappa shape index (κ2) is 19.1. The fraction of sp³-hybridized carbons (Fsp3) is 0.714. The largest absolute Gasteiger partial charge is 0.455 e. The molecule has 31 heavy (non-hydrogen) atoms. The molecule has 0 aliphatic carbocycles. The minimum Gasteiger partial charge on any atom is -0.455 e. The summed E-state index contributed by atoms with van der Waals surface area (Å²) >= 11 is 0. The van der Waals surface area contributed by atoms with Crippen LogP contribution in [0.1, 0.15) is 122 Å². The minimum absolute atomic E-state index is 0.0433. The van der Waals surface area contributed by atoms with Gasteiger partial charge in [-0.2, -0.15) is 0 Å². The van der Waals surface area contributed by atoms with Crippen molar-refractivity contribution in [2.75, 3.05) is 0 Å². The zero-order chi connectivity index (χ0) is 22.6. The van der Waals surface area contributed by atoms with Crippen molar-refractivity contribution in [3.63, 3.8) is 0 Å². The highest BCUT2D eigenvalue weighted by molar-refractivity contribution is 5.82. The molecule has 0 saturated carbocycles. The van der Waals surface area contributed by atoms with Crippen molar-refractivity contribution < 1.29 is 14.3 Å². The fourth-order valence-corrected chi connectivity index (χ4v) is 4.15. The quantitative estimate of drug-likeness (QED) is 0.155. The number of aryl methyl sites for hydroxylation is 1. The number of ketones is 1. The van der Waals surface area contributed by atoms with Gasteiger partial charge in [0.25, 0.3) is 0 Å². The molecule has 0 saturated heterocycles. The normalized spacial score (nSPS) is 11.9. The van der Waals surface area contributed by atoms with Crippen molar-refractivity contribution in [2.24, 2.45) is 0 Å². The Labute approximate surface area is 191 Å². The lowest BCUT2D eigenvalue weighted by atomic mass is 10.0. The molecule has 3 heteroatoms. The third-order valence-electron chi connectivity index (χ3n) is 6.04. The van der Waals surface area contributed by atoms with Gasteiger partial charge in [-0.25, -0.2) is 0 Å². The maximum Gasteiger partial charge on any atom is 0.303 e. The van der Waals surface area contributed by atoms with Gasteiger partial charge in [-0.15, -0.1) is 0 Å². The number of ether oxygens (including phenoxy) is 1. The van der Waals surface area contributed by atoms with Crippen LogP contribution in [0.15, 0.2) is 30.3 Å². The van der Waals surface area contributed by atoms with Gasteiger partial charge >= 0.3 is 5.97 Å². The summed E-state index contributed by atoms with van der Waals surface area (Å²) in [5.74, 6) is -0.405. The van der Waals surface area contributed by atoms with Crippen molar-refractivity contribution in [1.29, 1.82) is 0 Å². The lowest BCUT2D eigenvalue weighted by Crippen LogP contribution is -2.24. The molecule has 0 fully saturated rings. The summed E-state index contributed by atoms with van der Waals surface area (Å²) in [4.78, 5) is 22.4. The summed E-state index contributed by atoms with van der Waals surface area (Å²) < 4.78 is 5.06. The van der Waals surface area contributed by atoms with Crippen LogP contribution >= 0.6 is 0 Å². The Bertz CT molecular complexity index is 567. The maximum absolute atomic E-state index is 11.4. The van der Waals surface area contributed by atoms with Crippen LogP contribution in [0.25, 0.3) is 0 Å². The number of unbranched alkanes of at least 4 members (excludes halogenated alkanes) is 14. The fourth-order valence-electron chi connectivity index (χ4n) is 4.15. The second-order valence-electron chi connectivity index (χ2n) is 9.04. The first-order chi connectivity index (χ1) is 15.1. The van der Waals surface area contributed by atoms with E-state index in [4.69, 9.17) is 4.74 Å². The van der Waals surface area contributed by atoms with E-state index in [1.165, 1.54) is 109 Å². The summed E-state index contributed by atoms with van der Waals surface area (Å²) in [7, 11) is 0. The highest BCUT2D eigenvalue weighted by Gasteiger charge is 2.16. The van der Waals surface area contributed by atoms with Crippen molar-refractivity contribution in [2.45, 2.75) is 129 Å². The molecule has 0 N–H and O–H groups in total. The highest BCUT2D eigenvalue weighted by Crippen LogP contribution is 2.15. The van der Waals surface area contributed by atoms with Crippen LogP contribution in [0.5, 0.6) is 0 Å². The van der Waals surface area contributed by atoms with Crippen molar-refractivity contribution >= 4 is 11.8 Å². The Balaban J connectivity index is 1.77. The lowest BCUT2D eigenvalue weighted by molar-refractivity contribution is -0.152. The van der Waals surface area contributed by atoms with E-state index in [1.54, 1.807) is 0 Å². The molecule has 1 aromatic rings. The molecule has 0 aliphatic heterocycles. The van der Waals surface area contributed by atoms with E-state index in [0.29, 0.717) is 6.42 Å². The molecule has 176 valence electrons. The van der Waals surface area contributed by atoms with Gasteiger partial charge in [-0.1, -0.05) is 114 Å². The zero-order valence-electron chi connectivity index (χ0n) is 20.2. The zero-order valence-corrected chi connectivity index (χ0v) is 20.2. The van der Waals surface area contributed by atoms with Crippen molar-refractivity contribution in [3.05, 3.63) is 35.9 Å². The SMILES string of the molecule is CC(=O)OC(CCCCCCCCCCCCCCCCCc1ccccc1)C(C)=O. The predicted molar refractivity (Wildman–Crippen MR) is 130 cm³/mol. The van der Waals surface area contributed by atoms with Crippen LogP contribution in [0.4, 0.5) is 0 Å². The van der Waals surface area contributed by atoms with Crippen molar-refractivity contribution in [1.82, 2.24) is 0 Å². The Morgan fingerprint density at radius 1 is 0.645 bits per heavy atom. The van der Waals surface area contributed by atoms with Gasteiger partial charge in [0.2, 0.25) is 0 Å². The van der Waals surface area contributed by atoms with Crippen LogP contribution in [0, 0.1) is 0 Å². The number of Topliss-reactive ketones (excluding diaryl/α,β-unsaturated/α-hetero) is 1. The summed E-state index contributed by atoms with van der Waals surface area (Å²) in [6.07, 6.45) is 21.1. The molecule has 0 aromatic heterocycles. The summed E-state index contributed by atoms with van der Waals surface area (Å²) in [6.45, 7) is 2.87. The molecule has 1 atom stereocenters. The number of carbonyl (C=O) groups excluding carboxylic acids is 2. The third kappa shape index (κ3) is 16.7. The van der Waals surface area contributed by atoms with Gasteiger partial charge in [0.15, 0.2) is 11.9 Å². The number of rotatable bonds is 20. The van der Waals surface area contributed by atoms with Gasteiger partial charge in [-0.3, -0.25) is 9.59 Å². The molecule has 1 unspecified atom stereocenters. The lowest BCUT2D eigenvalue weighted by Gasteiger charge is -2.13. The third-order valence-corrected chi connectivity index (χ3v) is 6.04. The van der Waals surface area contributed by atoms with E-state index in [0.717, 1.165) is 12.8 Å². The number of hydrogen-bond acceptors (Lipinski definition) is 3. The Hall–Kier alpha value is -1.64. The van der Waals surface area contributed by atoms with Crippen LogP contribution in [-0.2, 0) is 20.7 Å². The van der Waals surface area contributed by atoms with E-state index in [2.05, 4.69) is 30.3 Å². The number of benzene rings is 1. The topological polar surface area (TPSA) is 43.4 Å². The maximum atomic E-state index is 11.4. The molecular weight excluding hydrogens is 384 g/mol. The Morgan fingerprint density at radius 2 is 1.06 bits per heavy atom. The number of esters is 1. The van der Waals surface area contributed by atoms with E-state index in [9.17, 15) is 9.59 Å². The number of hydrogen-bond donors (Lipinski definition) is 0. The standard InChI is InChI=1S/C28H46O3/c1-25(29)28(31-26(2)30)24-20-15-13-11-9-7-5-3-4-6-8-10-12-14-17-21-27-22-18-16-19-23-27/h16,18-19,22-23,28H,3-15,17,20-21,24H2,1-2H3. The van der Waals surface area contributed by atoms with Crippen LogP contribution in [-0.4, -0.2) is 17.9 Å². The number of carbonyl (C=O) groups is 2. The first-order valence-electron chi connectivity index (χ1n) is 12.8. The van der Waals surface area contributed by atoms with E-state index in [-0.39, 0.29) is 11.8 Å². The van der Waals surface area contributed by atoms with E-state index < -0.39 is 6.10 Å². The second-order valence-corrected chi connectivity index (χ2v) is 9.04. The predicted octanol–water partition coefficient (Wildman–Crippen LogP) is 7.99. The van der Waals surface area contributed by atoms with Crippen LogP contribution < -0.4 is 0 Å². The molecule has 0 radical (unpaired) electrons. The summed E-state index contributed by atoms with van der Waals surface area (Å²) in [6, 6.07) is 10.8. The summed E-state index contributed by atoms with van der Waals surface area (Å²) in [5, 5.41) is 0. The molecule has 3 nitrogen and oxygen atoms in total. The van der Waals surface area contributed by atoms with Gasteiger partial charge in [0.1, 0.15) is 0 Å². The van der Waals surface area contributed by atoms with Crippen LogP contribution in [0.2, 0.25) is 0 Å². The Kier molecular flexibility index (Phi) is 16.9. The average Bonchev–Trinajstić information content (AvgIpc) is 2.75. The molecule has 0 spiro atoms. The van der Waals surface area contributed by atoms with Gasteiger partial charge in [-0.05, 0) is 38.2 Å². The monoisotopic (exact) mass is 430 g/mol. The molecule has 0 aliphatic rings. The molecule has 1 rings (SSSR count). The van der Waals surface area contributed by atoms with E-state index in [1.807, 2.05) is 0 Å². The van der Waals surface area contributed by atoms with Gasteiger partial charge in [0, 0.05) is 6.92 Å². The molecule has 0 heterocycles. The van der Waals surface area contributed by atoms with Crippen molar-refractivity contribution in [3.8, 4) is 0 Å². The summed E-state index contributed by atoms with van der Waals surface area (Å²) in [5.41, 5.74) is 1.48. The van der Waals surface area contributed by atoms with Gasteiger partial charge in [0.05, 0.1) is 0 Å². The minimum atomic E-state index is -0.535. The van der Waals surface area contributed by atoms with Gasteiger partial charge < -0.3 is 4.74 Å². The van der Waals surface area contributed by atoms with E-state index >= 15 is 0 Å². The first-order valence-corrected chi connectivity index (χ1v) is 12.8. The molecule has 0 bridgehead atoms. The first kappa shape index (κ1) is 27.4. The van der Waals surface area contributed by atoms with Crippen LogP contribution in [0.3, 0.4) is 0 Å². The molecular formula is C28H46O3. The highest BCUT2D eigenvalue weighted by atomic mass is 16.5.